The van der Waals surface area contributed by atoms with Gasteiger partial charge in [-0.15, -0.1) is 0 Å². The SMILES string of the molecule is COc1ccc([C@@H]2CC(=O)Oc3ccc4c(C)cc(=O)oc4c32)cc1. The quantitative estimate of drug-likeness (QED) is 0.407. The maximum absolute atomic E-state index is 12.1. The number of rotatable bonds is 2. The molecule has 1 aromatic heterocycles. The van der Waals surface area contributed by atoms with E-state index in [0.29, 0.717) is 11.3 Å². The molecule has 0 fully saturated rings. The van der Waals surface area contributed by atoms with Crippen LogP contribution >= 0.6 is 0 Å². The van der Waals surface area contributed by atoms with Gasteiger partial charge >= 0.3 is 11.6 Å². The third kappa shape index (κ3) is 2.58. The molecule has 0 N–H and O–H groups in total. The molecule has 0 aliphatic carbocycles. The summed E-state index contributed by atoms with van der Waals surface area (Å²) in [6.45, 7) is 1.86. The summed E-state index contributed by atoms with van der Waals surface area (Å²) in [7, 11) is 1.60. The highest BCUT2D eigenvalue weighted by Gasteiger charge is 2.31. The minimum Gasteiger partial charge on any atom is -0.497 e. The number of methoxy groups -OCH3 is 1. The van der Waals surface area contributed by atoms with E-state index in [1.165, 1.54) is 6.07 Å². The van der Waals surface area contributed by atoms with Crippen molar-refractivity contribution in [1.82, 2.24) is 0 Å². The molecule has 1 aliphatic rings. The Bertz CT molecular complexity index is 1030. The first-order valence-corrected chi connectivity index (χ1v) is 7.99. The van der Waals surface area contributed by atoms with Crippen LogP contribution in [0.1, 0.15) is 29.0 Å². The number of ether oxygens (including phenoxy) is 2. The van der Waals surface area contributed by atoms with Crippen LogP contribution in [0.25, 0.3) is 11.0 Å². The van der Waals surface area contributed by atoms with Crippen LogP contribution in [0.5, 0.6) is 11.5 Å². The first kappa shape index (κ1) is 15.4. The van der Waals surface area contributed by atoms with Gasteiger partial charge in [0.15, 0.2) is 0 Å². The minimum absolute atomic E-state index is 0.191. The van der Waals surface area contributed by atoms with E-state index in [4.69, 9.17) is 13.9 Å². The summed E-state index contributed by atoms with van der Waals surface area (Å²) < 4.78 is 16.1. The molecule has 1 aliphatic heterocycles. The molecule has 2 aromatic carbocycles. The van der Waals surface area contributed by atoms with Crippen molar-refractivity contribution in [3.63, 3.8) is 0 Å². The van der Waals surface area contributed by atoms with E-state index in [-0.39, 0.29) is 18.3 Å². The zero-order valence-electron chi connectivity index (χ0n) is 13.9. The van der Waals surface area contributed by atoms with Crippen LogP contribution in [-0.2, 0) is 4.79 Å². The molecular weight excluding hydrogens is 320 g/mol. The number of carbonyl (C=O) groups is 1. The van der Waals surface area contributed by atoms with Crippen LogP contribution in [0.2, 0.25) is 0 Å². The van der Waals surface area contributed by atoms with Gasteiger partial charge in [0.25, 0.3) is 0 Å². The lowest BCUT2D eigenvalue weighted by Gasteiger charge is -2.25. The van der Waals surface area contributed by atoms with Gasteiger partial charge in [0.1, 0.15) is 17.1 Å². The second-order valence-electron chi connectivity index (χ2n) is 6.11. The van der Waals surface area contributed by atoms with E-state index in [1.807, 2.05) is 37.3 Å². The standard InChI is InChI=1S/C20H16O5/c1-11-9-17(21)25-20-14(11)7-8-16-19(20)15(10-18(22)24-16)12-3-5-13(23-2)6-4-12/h3-9,15H,10H2,1-2H3/t15-/m0/s1. The van der Waals surface area contributed by atoms with Crippen molar-refractivity contribution >= 4 is 16.9 Å². The summed E-state index contributed by atoms with van der Waals surface area (Å²) in [4.78, 5) is 24.0. The third-order valence-electron chi connectivity index (χ3n) is 4.58. The zero-order valence-corrected chi connectivity index (χ0v) is 13.9. The molecule has 0 radical (unpaired) electrons. The first-order chi connectivity index (χ1) is 12.1. The van der Waals surface area contributed by atoms with Gasteiger partial charge in [-0.05, 0) is 42.3 Å². The Morgan fingerprint density at radius 3 is 2.56 bits per heavy atom. The Labute approximate surface area is 143 Å². The summed E-state index contributed by atoms with van der Waals surface area (Å²) in [5.41, 5.74) is 2.58. The van der Waals surface area contributed by atoms with Gasteiger partial charge < -0.3 is 13.9 Å². The molecule has 0 unspecified atom stereocenters. The molecule has 4 rings (SSSR count). The van der Waals surface area contributed by atoms with Crippen molar-refractivity contribution in [2.75, 3.05) is 7.11 Å². The Balaban J connectivity index is 1.98. The monoisotopic (exact) mass is 336 g/mol. The van der Waals surface area contributed by atoms with Crippen molar-refractivity contribution in [1.29, 1.82) is 0 Å². The van der Waals surface area contributed by atoms with Crippen molar-refractivity contribution < 1.29 is 18.7 Å². The molecule has 1 atom stereocenters. The van der Waals surface area contributed by atoms with Gasteiger partial charge in [-0.2, -0.15) is 0 Å². The van der Waals surface area contributed by atoms with E-state index in [1.54, 1.807) is 13.2 Å². The number of aryl methyl sites for hydroxylation is 1. The molecule has 2 heterocycles. The van der Waals surface area contributed by atoms with E-state index in [2.05, 4.69) is 0 Å². The Morgan fingerprint density at radius 2 is 1.84 bits per heavy atom. The number of carbonyl (C=O) groups excluding carboxylic acids is 1. The van der Waals surface area contributed by atoms with E-state index >= 15 is 0 Å². The fourth-order valence-electron chi connectivity index (χ4n) is 3.36. The first-order valence-electron chi connectivity index (χ1n) is 7.99. The zero-order chi connectivity index (χ0) is 17.6. The fraction of sp³-hybridized carbons (Fsp3) is 0.200. The van der Waals surface area contributed by atoms with Crippen molar-refractivity contribution in [2.45, 2.75) is 19.3 Å². The predicted molar refractivity (Wildman–Crippen MR) is 92.3 cm³/mol. The largest absolute Gasteiger partial charge is 0.497 e. The number of esters is 1. The van der Waals surface area contributed by atoms with Crippen LogP contribution in [0.4, 0.5) is 0 Å². The van der Waals surface area contributed by atoms with Gasteiger partial charge in [-0.3, -0.25) is 4.79 Å². The van der Waals surface area contributed by atoms with Crippen molar-refractivity contribution in [3.8, 4) is 11.5 Å². The number of fused-ring (bicyclic) bond motifs is 3. The topological polar surface area (TPSA) is 65.7 Å². The summed E-state index contributed by atoms with van der Waals surface area (Å²) in [6.07, 6.45) is 0.191. The van der Waals surface area contributed by atoms with Crippen molar-refractivity contribution in [2.24, 2.45) is 0 Å². The highest BCUT2D eigenvalue weighted by molar-refractivity contribution is 5.89. The second-order valence-corrected chi connectivity index (χ2v) is 6.11. The van der Waals surface area contributed by atoms with Crippen LogP contribution in [0, 0.1) is 6.92 Å². The second kappa shape index (κ2) is 5.77. The molecule has 0 saturated carbocycles. The lowest BCUT2D eigenvalue weighted by Crippen LogP contribution is -2.21. The molecule has 0 bridgehead atoms. The molecular formula is C20H16O5. The van der Waals surface area contributed by atoms with Crippen LogP contribution < -0.4 is 15.1 Å². The van der Waals surface area contributed by atoms with E-state index in [0.717, 1.165) is 27.8 Å². The lowest BCUT2D eigenvalue weighted by atomic mass is 9.85. The van der Waals surface area contributed by atoms with Gasteiger partial charge in [0.2, 0.25) is 0 Å². The maximum Gasteiger partial charge on any atom is 0.336 e. The minimum atomic E-state index is -0.413. The Kier molecular flexibility index (Phi) is 3.57. The van der Waals surface area contributed by atoms with Crippen molar-refractivity contribution in [3.05, 3.63) is 69.6 Å². The molecule has 0 amide bonds. The van der Waals surface area contributed by atoms with Gasteiger partial charge in [0.05, 0.1) is 13.5 Å². The van der Waals surface area contributed by atoms with Crippen LogP contribution in [0.3, 0.4) is 0 Å². The number of hydrogen-bond acceptors (Lipinski definition) is 5. The molecule has 5 heteroatoms. The average molecular weight is 336 g/mol. The third-order valence-corrected chi connectivity index (χ3v) is 4.58. The summed E-state index contributed by atoms with van der Waals surface area (Å²) in [6, 6.07) is 12.6. The molecule has 25 heavy (non-hydrogen) atoms. The smallest absolute Gasteiger partial charge is 0.336 e. The summed E-state index contributed by atoms with van der Waals surface area (Å²) in [5.74, 6) is 0.638. The number of hydrogen-bond donors (Lipinski definition) is 0. The highest BCUT2D eigenvalue weighted by Crippen LogP contribution is 2.43. The Morgan fingerprint density at radius 1 is 1.08 bits per heavy atom. The molecule has 0 saturated heterocycles. The lowest BCUT2D eigenvalue weighted by molar-refractivity contribution is -0.135. The van der Waals surface area contributed by atoms with E-state index in [9.17, 15) is 9.59 Å². The van der Waals surface area contributed by atoms with Gasteiger partial charge in [-0.1, -0.05) is 12.1 Å². The Hall–Kier alpha value is -3.08. The van der Waals surface area contributed by atoms with Crippen LogP contribution in [0.15, 0.2) is 51.7 Å². The van der Waals surface area contributed by atoms with Gasteiger partial charge in [0, 0.05) is 22.9 Å². The van der Waals surface area contributed by atoms with Crippen LogP contribution in [-0.4, -0.2) is 13.1 Å². The normalized spacial score (nSPS) is 16.4. The maximum atomic E-state index is 12.1. The summed E-state index contributed by atoms with van der Waals surface area (Å²) in [5, 5.41) is 0.842. The highest BCUT2D eigenvalue weighted by atomic mass is 16.5. The summed E-state index contributed by atoms with van der Waals surface area (Å²) >= 11 is 0. The molecule has 3 aromatic rings. The molecule has 0 spiro atoms. The average Bonchev–Trinajstić information content (AvgIpc) is 2.60. The predicted octanol–water partition coefficient (Wildman–Crippen LogP) is 3.55. The van der Waals surface area contributed by atoms with E-state index < -0.39 is 5.63 Å². The molecule has 5 nitrogen and oxygen atoms in total. The van der Waals surface area contributed by atoms with Gasteiger partial charge in [-0.25, -0.2) is 4.79 Å². The fourth-order valence-corrected chi connectivity index (χ4v) is 3.36. The molecule has 126 valence electrons. The number of benzene rings is 2.